The molecule has 1 fully saturated rings. The average Bonchev–Trinajstić information content (AvgIpc) is 3.67. The number of thiazole rings is 2. The van der Waals surface area contributed by atoms with Gasteiger partial charge in [0.05, 0.1) is 40.9 Å². The Labute approximate surface area is 254 Å². The Morgan fingerprint density at radius 1 is 1.15 bits per heavy atom. The normalized spacial score (nSPS) is 16.6. The zero-order valence-electron chi connectivity index (χ0n) is 22.2. The number of hydrogen-bond donors (Lipinski definition) is 1. The van der Waals surface area contributed by atoms with Gasteiger partial charge in [0.25, 0.3) is 0 Å². The first kappa shape index (κ1) is 29.2. The first-order valence-electron chi connectivity index (χ1n) is 12.8. The molecule has 0 unspecified atom stereocenters. The van der Waals surface area contributed by atoms with Crippen LogP contribution in [0.25, 0.3) is 10.2 Å². The Morgan fingerprint density at radius 3 is 2.71 bits per heavy atom. The summed E-state index contributed by atoms with van der Waals surface area (Å²) in [6.07, 6.45) is 2.32. The molecule has 2 aromatic heterocycles. The van der Waals surface area contributed by atoms with Crippen LogP contribution in [0.4, 0.5) is 10.8 Å². The van der Waals surface area contributed by atoms with Gasteiger partial charge in [-0.2, -0.15) is 0 Å². The van der Waals surface area contributed by atoms with Crippen LogP contribution in [0.5, 0.6) is 0 Å². The smallest absolute Gasteiger partial charge is 0.305 e. The number of halogens is 2. The van der Waals surface area contributed by atoms with E-state index in [-0.39, 0.29) is 24.7 Å². The molecule has 1 aliphatic rings. The third-order valence-electron chi connectivity index (χ3n) is 6.62. The first-order chi connectivity index (χ1) is 19.7. The topological polar surface area (TPSA) is 111 Å². The van der Waals surface area contributed by atoms with E-state index in [4.69, 9.17) is 32.7 Å². The van der Waals surface area contributed by atoms with Crippen LogP contribution in [0, 0.1) is 0 Å². The number of nitrogens with one attached hydrogen (secondary N) is 1. The molecule has 0 saturated carbocycles. The van der Waals surface area contributed by atoms with Gasteiger partial charge in [-0.1, -0.05) is 46.7 Å². The summed E-state index contributed by atoms with van der Waals surface area (Å²) in [6, 6.07) is 10.6. The number of rotatable bonds is 9. The Bertz CT molecular complexity index is 1570. The van der Waals surface area contributed by atoms with E-state index in [0.717, 1.165) is 15.1 Å². The fourth-order valence-corrected chi connectivity index (χ4v) is 7.13. The standard InChI is InChI=1S/C28H26Cl2N4O5S2/c1-15(35)39-22-9-10-34(26(22)27-31-14-17(40-27)7-8-25(37)38-2)24(36)12-16-11-19(30)21(13-18(16)29)33-28-32-20-5-3-4-6-23(20)41-28/h3-6,11,13-14,22,26H,7-10,12H2,1-2H3,(H,32,33)/t22-,26-/m0/s1. The van der Waals surface area contributed by atoms with E-state index in [1.807, 2.05) is 24.3 Å². The minimum absolute atomic E-state index is 0.00381. The number of aryl methyl sites for hydroxylation is 1. The first-order valence-corrected chi connectivity index (χ1v) is 15.2. The predicted molar refractivity (Wildman–Crippen MR) is 160 cm³/mol. The molecule has 4 aromatic rings. The van der Waals surface area contributed by atoms with Crippen LogP contribution in [0.2, 0.25) is 10.0 Å². The number of hydrogen-bond acceptors (Lipinski definition) is 10. The fourth-order valence-electron chi connectivity index (χ4n) is 4.70. The molecule has 1 N–H and O–H groups in total. The third-order valence-corrected chi connectivity index (χ3v) is 9.37. The molecule has 1 amide bonds. The minimum Gasteiger partial charge on any atom is -0.469 e. The van der Waals surface area contributed by atoms with Crippen molar-refractivity contribution in [2.45, 2.75) is 44.8 Å². The zero-order chi connectivity index (χ0) is 29.1. The van der Waals surface area contributed by atoms with E-state index in [1.165, 1.54) is 36.7 Å². The van der Waals surface area contributed by atoms with Crippen molar-refractivity contribution in [2.24, 2.45) is 0 Å². The molecule has 0 aliphatic carbocycles. The Balaban J connectivity index is 1.33. The van der Waals surface area contributed by atoms with Gasteiger partial charge in [-0.3, -0.25) is 14.4 Å². The van der Waals surface area contributed by atoms with Gasteiger partial charge in [-0.15, -0.1) is 11.3 Å². The molecule has 214 valence electrons. The van der Waals surface area contributed by atoms with E-state index in [2.05, 4.69) is 15.3 Å². The molecule has 2 atom stereocenters. The molecule has 13 heteroatoms. The lowest BCUT2D eigenvalue weighted by Gasteiger charge is -2.26. The van der Waals surface area contributed by atoms with Crippen molar-refractivity contribution in [2.75, 3.05) is 19.0 Å². The average molecular weight is 634 g/mol. The van der Waals surface area contributed by atoms with Crippen LogP contribution < -0.4 is 5.32 Å². The second-order valence-corrected chi connectivity index (χ2v) is 12.4. The lowest BCUT2D eigenvalue weighted by atomic mass is 10.1. The molecule has 41 heavy (non-hydrogen) atoms. The molecule has 0 radical (unpaired) electrons. The molecule has 0 spiro atoms. The maximum absolute atomic E-state index is 13.6. The quantitative estimate of drug-likeness (QED) is 0.212. The number of carbonyl (C=O) groups is 3. The van der Waals surface area contributed by atoms with Crippen LogP contribution in [-0.4, -0.2) is 52.5 Å². The van der Waals surface area contributed by atoms with Crippen LogP contribution in [0.15, 0.2) is 42.6 Å². The number of aromatic nitrogens is 2. The summed E-state index contributed by atoms with van der Waals surface area (Å²) >= 11 is 16.1. The summed E-state index contributed by atoms with van der Waals surface area (Å²) in [4.78, 5) is 48.6. The van der Waals surface area contributed by atoms with Gasteiger partial charge >= 0.3 is 11.9 Å². The highest BCUT2D eigenvalue weighted by Gasteiger charge is 2.42. The van der Waals surface area contributed by atoms with Crippen molar-refractivity contribution >= 4 is 84.8 Å². The Morgan fingerprint density at radius 2 is 1.95 bits per heavy atom. The molecule has 9 nitrogen and oxygen atoms in total. The van der Waals surface area contributed by atoms with Gasteiger partial charge < -0.3 is 19.7 Å². The molecular formula is C28H26Cl2N4O5S2. The molecule has 0 bridgehead atoms. The number of fused-ring (bicyclic) bond motifs is 1. The number of methoxy groups -OCH3 is 1. The van der Waals surface area contributed by atoms with E-state index < -0.39 is 18.1 Å². The van der Waals surface area contributed by atoms with Gasteiger partial charge in [-0.05, 0) is 36.2 Å². The molecular weight excluding hydrogens is 607 g/mol. The molecule has 2 aromatic carbocycles. The number of carbonyl (C=O) groups excluding carboxylic acids is 3. The van der Waals surface area contributed by atoms with Crippen molar-refractivity contribution in [3.05, 3.63) is 68.1 Å². The van der Waals surface area contributed by atoms with Gasteiger partial charge in [0.15, 0.2) is 5.13 Å². The highest BCUT2D eigenvalue weighted by molar-refractivity contribution is 7.22. The van der Waals surface area contributed by atoms with E-state index in [0.29, 0.717) is 50.8 Å². The molecule has 3 heterocycles. The molecule has 1 aliphatic heterocycles. The number of anilines is 2. The van der Waals surface area contributed by atoms with E-state index in [9.17, 15) is 14.4 Å². The summed E-state index contributed by atoms with van der Waals surface area (Å²) in [6.45, 7) is 1.73. The highest BCUT2D eigenvalue weighted by atomic mass is 35.5. The minimum atomic E-state index is -0.544. The highest BCUT2D eigenvalue weighted by Crippen LogP contribution is 2.39. The van der Waals surface area contributed by atoms with Crippen molar-refractivity contribution < 1.29 is 23.9 Å². The van der Waals surface area contributed by atoms with Gasteiger partial charge in [0.2, 0.25) is 5.91 Å². The van der Waals surface area contributed by atoms with E-state index >= 15 is 0 Å². The lowest BCUT2D eigenvalue weighted by Crippen LogP contribution is -2.35. The van der Waals surface area contributed by atoms with Crippen LogP contribution >= 0.6 is 45.9 Å². The number of nitrogens with zero attached hydrogens (tertiary/aromatic N) is 3. The number of amides is 1. The van der Waals surface area contributed by atoms with Crippen molar-refractivity contribution in [1.82, 2.24) is 14.9 Å². The maximum Gasteiger partial charge on any atom is 0.305 e. The van der Waals surface area contributed by atoms with Gasteiger partial charge in [0.1, 0.15) is 17.2 Å². The lowest BCUT2D eigenvalue weighted by molar-refractivity contribution is -0.149. The van der Waals surface area contributed by atoms with Crippen LogP contribution in [0.3, 0.4) is 0 Å². The number of para-hydroxylation sites is 1. The summed E-state index contributed by atoms with van der Waals surface area (Å²) in [7, 11) is 1.35. The number of benzene rings is 2. The second kappa shape index (κ2) is 12.7. The van der Waals surface area contributed by atoms with E-state index in [1.54, 1.807) is 23.2 Å². The van der Waals surface area contributed by atoms with Crippen LogP contribution in [0.1, 0.15) is 41.3 Å². The van der Waals surface area contributed by atoms with Crippen molar-refractivity contribution in [3.8, 4) is 0 Å². The second-order valence-electron chi connectivity index (χ2n) is 9.42. The summed E-state index contributed by atoms with van der Waals surface area (Å²) in [5.74, 6) is -0.934. The van der Waals surface area contributed by atoms with Crippen molar-refractivity contribution in [1.29, 1.82) is 0 Å². The number of ether oxygens (including phenoxy) is 2. The Hall–Kier alpha value is -3.25. The largest absolute Gasteiger partial charge is 0.469 e. The zero-order valence-corrected chi connectivity index (χ0v) is 25.3. The number of likely N-dealkylation sites (tertiary alicyclic amines) is 1. The summed E-state index contributed by atoms with van der Waals surface area (Å²) < 4.78 is 11.3. The van der Waals surface area contributed by atoms with Crippen LogP contribution in [-0.2, 0) is 36.7 Å². The molecule has 1 saturated heterocycles. The number of esters is 2. The monoisotopic (exact) mass is 632 g/mol. The van der Waals surface area contributed by atoms with Gasteiger partial charge in [-0.25, -0.2) is 9.97 Å². The third kappa shape index (κ3) is 6.81. The maximum atomic E-state index is 13.6. The fraction of sp³-hybridized carbons (Fsp3) is 0.321. The van der Waals surface area contributed by atoms with Crippen molar-refractivity contribution in [3.63, 3.8) is 0 Å². The summed E-state index contributed by atoms with van der Waals surface area (Å²) in [5, 5.41) is 5.34. The predicted octanol–water partition coefficient (Wildman–Crippen LogP) is 6.36. The Kier molecular flexibility index (Phi) is 9.08. The SMILES string of the molecule is COC(=O)CCc1cnc([C@@H]2[C@@H](OC(C)=O)CCN2C(=O)Cc2cc(Cl)c(Nc3nc4ccccc4s3)cc2Cl)s1. The van der Waals surface area contributed by atoms with Gasteiger partial charge in [0, 0.05) is 36.0 Å². The molecule has 5 rings (SSSR count). The summed E-state index contributed by atoms with van der Waals surface area (Å²) in [5.41, 5.74) is 2.04.